The highest BCUT2D eigenvalue weighted by Gasteiger charge is 2.30. The molecule has 1 aromatic carbocycles. The lowest BCUT2D eigenvalue weighted by atomic mass is 9.89. The summed E-state index contributed by atoms with van der Waals surface area (Å²) in [5.74, 6) is 0. The van der Waals surface area contributed by atoms with Gasteiger partial charge >= 0.3 is 0 Å². The highest BCUT2D eigenvalue weighted by atomic mass is 15.2. The third-order valence-electron chi connectivity index (χ3n) is 3.73. The molecule has 1 saturated heterocycles. The Balaban J connectivity index is 2.04. The topological polar surface area (TPSA) is 15.3 Å². The largest absolute Gasteiger partial charge is 0.366 e. The molecule has 1 N–H and O–H groups in total. The number of aryl methyl sites for hydroxylation is 1. The molecule has 2 aliphatic rings. The van der Waals surface area contributed by atoms with E-state index in [9.17, 15) is 0 Å². The Hall–Kier alpha value is -1.28. The number of hydrogen-bond acceptors (Lipinski definition) is 2. The number of fused-ring (bicyclic) bond motifs is 3. The minimum Gasteiger partial charge on any atom is -0.366 e. The van der Waals surface area contributed by atoms with Gasteiger partial charge < -0.3 is 10.2 Å². The molecular formula is C14H18N2. The van der Waals surface area contributed by atoms with Crippen LogP contribution >= 0.6 is 0 Å². The van der Waals surface area contributed by atoms with Crippen molar-refractivity contribution < 1.29 is 0 Å². The predicted octanol–water partition coefficient (Wildman–Crippen LogP) is 2.01. The quantitative estimate of drug-likeness (QED) is 0.710. The van der Waals surface area contributed by atoms with E-state index >= 15 is 0 Å². The van der Waals surface area contributed by atoms with Crippen LogP contribution in [0.1, 0.15) is 22.7 Å². The van der Waals surface area contributed by atoms with Crippen molar-refractivity contribution >= 4 is 0 Å². The molecule has 0 spiro atoms. The van der Waals surface area contributed by atoms with Gasteiger partial charge in [-0.15, -0.1) is 0 Å². The van der Waals surface area contributed by atoms with Crippen LogP contribution in [-0.4, -0.2) is 24.5 Å². The van der Waals surface area contributed by atoms with E-state index in [1.54, 1.807) is 0 Å². The molecule has 0 radical (unpaired) electrons. The lowest BCUT2D eigenvalue weighted by molar-refractivity contribution is 0.202. The molecule has 0 bridgehead atoms. The van der Waals surface area contributed by atoms with Crippen molar-refractivity contribution in [2.45, 2.75) is 19.4 Å². The van der Waals surface area contributed by atoms with Gasteiger partial charge in [0.15, 0.2) is 0 Å². The molecule has 3 rings (SSSR count). The van der Waals surface area contributed by atoms with Crippen molar-refractivity contribution in [3.8, 4) is 0 Å². The number of rotatable bonds is 0. The van der Waals surface area contributed by atoms with Crippen LogP contribution < -0.4 is 5.32 Å². The molecule has 0 saturated carbocycles. The van der Waals surface area contributed by atoms with Gasteiger partial charge in [-0.25, -0.2) is 0 Å². The van der Waals surface area contributed by atoms with Gasteiger partial charge in [0.05, 0.1) is 6.04 Å². The molecule has 0 aliphatic carbocycles. The molecule has 84 valence electrons. The van der Waals surface area contributed by atoms with Gasteiger partial charge in [0, 0.05) is 25.3 Å². The lowest BCUT2D eigenvalue weighted by Gasteiger charge is -2.43. The van der Waals surface area contributed by atoms with Gasteiger partial charge in [-0.1, -0.05) is 30.3 Å². The average Bonchev–Trinajstić information content (AvgIpc) is 2.29. The summed E-state index contributed by atoms with van der Waals surface area (Å²) in [5, 5.41) is 3.45. The Morgan fingerprint density at radius 3 is 3.19 bits per heavy atom. The molecule has 1 fully saturated rings. The molecule has 1 aromatic rings. The molecule has 1 atom stereocenters. The molecule has 0 aromatic heterocycles. The minimum atomic E-state index is 0.505. The van der Waals surface area contributed by atoms with Gasteiger partial charge in [-0.05, 0) is 24.5 Å². The highest BCUT2D eigenvalue weighted by Crippen LogP contribution is 2.33. The average molecular weight is 214 g/mol. The van der Waals surface area contributed by atoms with Gasteiger partial charge in [0.25, 0.3) is 0 Å². The first-order chi connectivity index (χ1) is 7.75. The number of hydrogen-bond donors (Lipinski definition) is 1. The van der Waals surface area contributed by atoms with E-state index in [1.165, 1.54) is 22.4 Å². The summed E-state index contributed by atoms with van der Waals surface area (Å²) in [4.78, 5) is 2.47. The van der Waals surface area contributed by atoms with Gasteiger partial charge in [0.1, 0.15) is 0 Å². The smallest absolute Gasteiger partial charge is 0.0667 e. The van der Waals surface area contributed by atoms with Crippen LogP contribution in [0.3, 0.4) is 0 Å². The monoisotopic (exact) mass is 214 g/mol. The Kier molecular flexibility index (Phi) is 2.25. The summed E-state index contributed by atoms with van der Waals surface area (Å²) < 4.78 is 0. The summed E-state index contributed by atoms with van der Waals surface area (Å²) in [6.45, 7) is 9.45. The molecule has 2 heteroatoms. The fourth-order valence-electron chi connectivity index (χ4n) is 2.87. The zero-order valence-corrected chi connectivity index (χ0v) is 9.79. The molecule has 2 heterocycles. The molecule has 1 unspecified atom stereocenters. The number of benzene rings is 1. The van der Waals surface area contributed by atoms with Gasteiger partial charge in [0.2, 0.25) is 0 Å². The van der Waals surface area contributed by atoms with Crippen molar-refractivity contribution in [1.82, 2.24) is 10.2 Å². The second-order valence-electron chi connectivity index (χ2n) is 4.86. The number of nitrogens with one attached hydrogen (secondary N) is 1. The van der Waals surface area contributed by atoms with Crippen LogP contribution in [0.25, 0.3) is 0 Å². The van der Waals surface area contributed by atoms with Crippen LogP contribution in [-0.2, 0) is 6.42 Å². The van der Waals surface area contributed by atoms with E-state index in [1.807, 2.05) is 0 Å². The first kappa shape index (κ1) is 9.91. The van der Waals surface area contributed by atoms with Crippen molar-refractivity contribution in [3.05, 3.63) is 47.2 Å². The van der Waals surface area contributed by atoms with Crippen LogP contribution in [0.15, 0.2) is 30.5 Å². The molecule has 0 amide bonds. The zero-order valence-electron chi connectivity index (χ0n) is 9.79. The molecule has 2 nitrogen and oxygen atoms in total. The van der Waals surface area contributed by atoms with Gasteiger partial charge in [-0.2, -0.15) is 0 Å². The summed E-state index contributed by atoms with van der Waals surface area (Å²) in [5.41, 5.74) is 5.61. The summed E-state index contributed by atoms with van der Waals surface area (Å²) in [6, 6.07) is 7.36. The minimum absolute atomic E-state index is 0.505. The van der Waals surface area contributed by atoms with Crippen molar-refractivity contribution in [1.29, 1.82) is 0 Å². The molecule has 2 aliphatic heterocycles. The third-order valence-corrected chi connectivity index (χ3v) is 3.73. The lowest BCUT2D eigenvalue weighted by Crippen LogP contribution is -2.47. The second kappa shape index (κ2) is 3.63. The number of nitrogens with zero attached hydrogens (tertiary/aromatic N) is 1. The molecular weight excluding hydrogens is 196 g/mol. The Labute approximate surface area is 97.0 Å². The maximum absolute atomic E-state index is 4.16. The van der Waals surface area contributed by atoms with E-state index in [0.717, 1.165) is 26.1 Å². The van der Waals surface area contributed by atoms with Crippen LogP contribution in [0.2, 0.25) is 0 Å². The van der Waals surface area contributed by atoms with Crippen LogP contribution in [0.4, 0.5) is 0 Å². The fourth-order valence-corrected chi connectivity index (χ4v) is 2.87. The molecule has 16 heavy (non-hydrogen) atoms. The van der Waals surface area contributed by atoms with E-state index in [0.29, 0.717) is 6.04 Å². The zero-order chi connectivity index (χ0) is 11.1. The second-order valence-corrected chi connectivity index (χ2v) is 4.86. The van der Waals surface area contributed by atoms with Gasteiger partial charge in [-0.3, -0.25) is 0 Å². The SMILES string of the molecule is C=C1CNCC2c3cc(C)ccc3CCN12. The summed E-state index contributed by atoms with van der Waals surface area (Å²) in [7, 11) is 0. The van der Waals surface area contributed by atoms with Crippen LogP contribution in [0.5, 0.6) is 0 Å². The first-order valence-electron chi connectivity index (χ1n) is 6.00. The Morgan fingerprint density at radius 2 is 2.31 bits per heavy atom. The maximum Gasteiger partial charge on any atom is 0.0667 e. The van der Waals surface area contributed by atoms with Crippen molar-refractivity contribution in [2.24, 2.45) is 0 Å². The Bertz CT molecular complexity index is 436. The highest BCUT2D eigenvalue weighted by molar-refractivity contribution is 5.37. The summed E-state index contributed by atoms with van der Waals surface area (Å²) >= 11 is 0. The van der Waals surface area contributed by atoms with E-state index in [4.69, 9.17) is 0 Å². The Morgan fingerprint density at radius 1 is 1.44 bits per heavy atom. The summed E-state index contributed by atoms with van der Waals surface area (Å²) in [6.07, 6.45) is 1.16. The number of piperazine rings is 1. The normalized spacial score (nSPS) is 23.9. The van der Waals surface area contributed by atoms with Crippen molar-refractivity contribution in [3.63, 3.8) is 0 Å². The maximum atomic E-state index is 4.16. The van der Waals surface area contributed by atoms with E-state index in [2.05, 4.69) is 41.9 Å². The third kappa shape index (κ3) is 1.45. The standard InChI is InChI=1S/C14H18N2/c1-10-3-4-12-5-6-16-11(2)8-15-9-14(16)13(12)7-10/h3-4,7,14-15H,2,5-6,8-9H2,1H3. The predicted molar refractivity (Wildman–Crippen MR) is 66.3 cm³/mol. The first-order valence-corrected chi connectivity index (χ1v) is 6.00. The van der Waals surface area contributed by atoms with E-state index < -0.39 is 0 Å². The fraction of sp³-hybridized carbons (Fsp3) is 0.429. The van der Waals surface area contributed by atoms with Crippen LogP contribution in [0, 0.1) is 6.92 Å². The van der Waals surface area contributed by atoms with E-state index in [-0.39, 0.29) is 0 Å². The van der Waals surface area contributed by atoms with Crippen molar-refractivity contribution in [2.75, 3.05) is 19.6 Å².